The van der Waals surface area contributed by atoms with E-state index < -0.39 is 17.5 Å². The quantitative estimate of drug-likeness (QED) is 0.606. The number of halogens is 3. The standard InChI is InChI=1S/C15H20BrClFNO/c1-20-15(8-4-2-3-5-9-15)14(19)10-6-7-11(16)12(17)13(10)18/h6-7,14H,2-5,8-9,19H2,1H3. The highest BCUT2D eigenvalue weighted by Crippen LogP contribution is 2.41. The Balaban J connectivity index is 2.37. The Morgan fingerprint density at radius 1 is 1.30 bits per heavy atom. The summed E-state index contributed by atoms with van der Waals surface area (Å²) in [6.07, 6.45) is 6.21. The minimum Gasteiger partial charge on any atom is -0.376 e. The van der Waals surface area contributed by atoms with Crippen molar-refractivity contribution in [2.24, 2.45) is 5.73 Å². The third kappa shape index (κ3) is 3.03. The van der Waals surface area contributed by atoms with E-state index in [0.717, 1.165) is 25.7 Å². The molecule has 0 heterocycles. The maximum atomic E-state index is 14.4. The monoisotopic (exact) mass is 363 g/mol. The van der Waals surface area contributed by atoms with Crippen LogP contribution in [-0.4, -0.2) is 12.7 Å². The van der Waals surface area contributed by atoms with Crippen LogP contribution in [0.5, 0.6) is 0 Å². The van der Waals surface area contributed by atoms with Crippen LogP contribution in [0.15, 0.2) is 16.6 Å². The van der Waals surface area contributed by atoms with Gasteiger partial charge in [-0.25, -0.2) is 4.39 Å². The molecule has 1 aromatic rings. The Bertz CT molecular complexity index is 475. The minimum absolute atomic E-state index is 0.0813. The van der Waals surface area contributed by atoms with Gasteiger partial charge in [-0.2, -0.15) is 0 Å². The second kappa shape index (κ2) is 6.73. The van der Waals surface area contributed by atoms with Crippen LogP contribution in [0.1, 0.15) is 50.1 Å². The largest absolute Gasteiger partial charge is 0.376 e. The molecule has 2 nitrogen and oxygen atoms in total. The van der Waals surface area contributed by atoms with Crippen molar-refractivity contribution in [1.82, 2.24) is 0 Å². The fraction of sp³-hybridized carbons (Fsp3) is 0.600. The van der Waals surface area contributed by atoms with Crippen LogP contribution in [0.2, 0.25) is 5.02 Å². The van der Waals surface area contributed by atoms with Crippen LogP contribution in [0.4, 0.5) is 4.39 Å². The predicted octanol–water partition coefficient (Wildman–Crippen LogP) is 4.98. The summed E-state index contributed by atoms with van der Waals surface area (Å²) in [7, 11) is 1.67. The zero-order valence-corrected chi connectivity index (χ0v) is 13.9. The number of benzene rings is 1. The molecule has 0 aliphatic heterocycles. The summed E-state index contributed by atoms with van der Waals surface area (Å²) in [5.41, 5.74) is 6.31. The first-order chi connectivity index (χ1) is 9.52. The predicted molar refractivity (Wildman–Crippen MR) is 83.5 cm³/mol. The second-order valence-corrected chi connectivity index (χ2v) is 6.66. The van der Waals surface area contributed by atoms with E-state index in [1.807, 2.05) is 0 Å². The van der Waals surface area contributed by atoms with E-state index in [2.05, 4.69) is 15.9 Å². The van der Waals surface area contributed by atoms with Gasteiger partial charge in [0.1, 0.15) is 5.82 Å². The van der Waals surface area contributed by atoms with E-state index in [1.165, 1.54) is 12.8 Å². The van der Waals surface area contributed by atoms with Crippen LogP contribution in [0.25, 0.3) is 0 Å². The third-order valence-electron chi connectivity index (χ3n) is 4.32. The minimum atomic E-state index is -0.504. The van der Waals surface area contributed by atoms with E-state index in [4.69, 9.17) is 22.1 Å². The van der Waals surface area contributed by atoms with Crippen molar-refractivity contribution >= 4 is 27.5 Å². The molecule has 1 aliphatic carbocycles. The lowest BCUT2D eigenvalue weighted by atomic mass is 9.82. The molecule has 0 amide bonds. The van der Waals surface area contributed by atoms with E-state index in [9.17, 15) is 4.39 Å². The normalized spacial score (nSPS) is 20.4. The van der Waals surface area contributed by atoms with Crippen molar-refractivity contribution in [2.45, 2.75) is 50.2 Å². The number of hydrogen-bond acceptors (Lipinski definition) is 2. The average Bonchev–Trinajstić information content (AvgIpc) is 2.71. The Kier molecular flexibility index (Phi) is 5.46. The van der Waals surface area contributed by atoms with Gasteiger partial charge in [0.05, 0.1) is 16.7 Å². The van der Waals surface area contributed by atoms with Crippen molar-refractivity contribution in [3.8, 4) is 0 Å². The summed E-state index contributed by atoms with van der Waals surface area (Å²) >= 11 is 9.19. The molecule has 1 saturated carbocycles. The van der Waals surface area contributed by atoms with Gasteiger partial charge in [0, 0.05) is 17.1 Å². The van der Waals surface area contributed by atoms with Crippen molar-refractivity contribution in [3.05, 3.63) is 33.0 Å². The molecule has 0 bridgehead atoms. The van der Waals surface area contributed by atoms with Crippen LogP contribution < -0.4 is 5.73 Å². The molecular weight excluding hydrogens is 345 g/mol. The molecular formula is C15H20BrClFNO. The van der Waals surface area contributed by atoms with Gasteiger partial charge in [0.15, 0.2) is 0 Å². The highest BCUT2D eigenvalue weighted by Gasteiger charge is 2.39. The van der Waals surface area contributed by atoms with Crippen molar-refractivity contribution in [3.63, 3.8) is 0 Å². The highest BCUT2D eigenvalue weighted by molar-refractivity contribution is 9.10. The lowest BCUT2D eigenvalue weighted by molar-refractivity contribution is -0.0449. The molecule has 0 radical (unpaired) electrons. The summed E-state index contributed by atoms with van der Waals surface area (Å²) in [5.74, 6) is -0.450. The van der Waals surface area contributed by atoms with Crippen LogP contribution in [0, 0.1) is 5.82 Å². The molecule has 20 heavy (non-hydrogen) atoms. The summed E-state index contributed by atoms with van der Waals surface area (Å²) in [6.45, 7) is 0. The van der Waals surface area contributed by atoms with Gasteiger partial charge >= 0.3 is 0 Å². The molecule has 2 rings (SSSR count). The Morgan fingerprint density at radius 3 is 2.45 bits per heavy atom. The number of ether oxygens (including phenoxy) is 1. The molecule has 0 saturated heterocycles. The van der Waals surface area contributed by atoms with E-state index >= 15 is 0 Å². The second-order valence-electron chi connectivity index (χ2n) is 5.43. The lowest BCUT2D eigenvalue weighted by Gasteiger charge is -2.37. The Hall–Kier alpha value is -0.160. The van der Waals surface area contributed by atoms with Gasteiger partial charge in [0.25, 0.3) is 0 Å². The van der Waals surface area contributed by atoms with Crippen LogP contribution in [0.3, 0.4) is 0 Å². The first kappa shape index (κ1) is 16.2. The van der Waals surface area contributed by atoms with Gasteiger partial charge in [-0.05, 0) is 34.8 Å². The summed E-state index contributed by atoms with van der Waals surface area (Å²) < 4.78 is 20.7. The zero-order valence-electron chi connectivity index (χ0n) is 11.6. The molecule has 112 valence electrons. The van der Waals surface area contributed by atoms with Crippen molar-refractivity contribution in [1.29, 1.82) is 0 Å². The van der Waals surface area contributed by atoms with Gasteiger partial charge in [0.2, 0.25) is 0 Å². The van der Waals surface area contributed by atoms with Gasteiger partial charge < -0.3 is 10.5 Å². The Labute approximate surface area is 132 Å². The smallest absolute Gasteiger partial charge is 0.147 e. The fourth-order valence-electron chi connectivity index (χ4n) is 3.03. The average molecular weight is 365 g/mol. The van der Waals surface area contributed by atoms with Crippen LogP contribution >= 0.6 is 27.5 Å². The summed E-state index contributed by atoms with van der Waals surface area (Å²) in [6, 6.07) is 2.93. The maximum Gasteiger partial charge on any atom is 0.147 e. The fourth-order valence-corrected chi connectivity index (χ4v) is 3.51. The topological polar surface area (TPSA) is 35.2 Å². The van der Waals surface area contributed by atoms with Gasteiger partial charge in [-0.15, -0.1) is 0 Å². The lowest BCUT2D eigenvalue weighted by Crippen LogP contribution is -2.43. The van der Waals surface area contributed by atoms with Gasteiger partial charge in [-0.1, -0.05) is 43.4 Å². The molecule has 2 N–H and O–H groups in total. The van der Waals surface area contributed by atoms with Crippen molar-refractivity contribution in [2.75, 3.05) is 7.11 Å². The number of nitrogens with two attached hydrogens (primary N) is 1. The number of hydrogen-bond donors (Lipinski definition) is 1. The molecule has 1 unspecified atom stereocenters. The number of methoxy groups -OCH3 is 1. The molecule has 5 heteroatoms. The summed E-state index contributed by atoms with van der Waals surface area (Å²) in [5, 5.41) is 0.0813. The molecule has 1 atom stereocenters. The molecule has 1 aromatic carbocycles. The number of rotatable bonds is 3. The molecule has 1 fully saturated rings. The van der Waals surface area contributed by atoms with E-state index in [-0.39, 0.29) is 5.02 Å². The first-order valence-electron chi connectivity index (χ1n) is 6.96. The molecule has 1 aliphatic rings. The van der Waals surface area contributed by atoms with E-state index in [0.29, 0.717) is 10.0 Å². The highest BCUT2D eigenvalue weighted by atomic mass is 79.9. The third-order valence-corrected chi connectivity index (χ3v) is 5.58. The first-order valence-corrected chi connectivity index (χ1v) is 8.13. The summed E-state index contributed by atoms with van der Waals surface area (Å²) in [4.78, 5) is 0. The molecule has 0 spiro atoms. The Morgan fingerprint density at radius 2 is 1.90 bits per heavy atom. The van der Waals surface area contributed by atoms with Crippen molar-refractivity contribution < 1.29 is 9.13 Å². The molecule has 0 aromatic heterocycles. The van der Waals surface area contributed by atoms with E-state index in [1.54, 1.807) is 19.2 Å². The maximum absolute atomic E-state index is 14.4. The SMILES string of the molecule is COC1(C(N)c2ccc(Br)c(Cl)c2F)CCCCCC1. The van der Waals surface area contributed by atoms with Gasteiger partial charge in [-0.3, -0.25) is 0 Å². The van der Waals surface area contributed by atoms with Crippen LogP contribution in [-0.2, 0) is 4.74 Å². The zero-order chi connectivity index (χ0) is 14.8.